The van der Waals surface area contributed by atoms with Crippen molar-refractivity contribution in [3.63, 3.8) is 0 Å². The van der Waals surface area contributed by atoms with E-state index in [1.165, 1.54) is 0 Å². The molecule has 0 spiro atoms. The summed E-state index contributed by atoms with van der Waals surface area (Å²) in [4.78, 5) is 0. The molecule has 19 heavy (non-hydrogen) atoms. The summed E-state index contributed by atoms with van der Waals surface area (Å²) < 4.78 is 11.4. The largest absolute Gasteiger partial charge is 0.468 e. The van der Waals surface area contributed by atoms with Gasteiger partial charge < -0.3 is 14.5 Å². The van der Waals surface area contributed by atoms with Crippen molar-refractivity contribution >= 4 is 0 Å². The van der Waals surface area contributed by atoms with E-state index < -0.39 is 0 Å². The Balaban J connectivity index is 2.44. The van der Waals surface area contributed by atoms with E-state index in [1.807, 2.05) is 6.07 Å². The zero-order valence-corrected chi connectivity index (χ0v) is 13.2. The maximum Gasteiger partial charge on any atom is 0.123 e. The van der Waals surface area contributed by atoms with Crippen molar-refractivity contribution in [2.45, 2.75) is 72.8 Å². The van der Waals surface area contributed by atoms with E-state index in [-0.39, 0.29) is 5.54 Å². The highest BCUT2D eigenvalue weighted by Gasteiger charge is 2.13. The average molecular weight is 267 g/mol. The molecule has 1 N–H and O–H groups in total. The van der Waals surface area contributed by atoms with E-state index in [4.69, 9.17) is 9.15 Å². The van der Waals surface area contributed by atoms with Crippen molar-refractivity contribution in [2.75, 3.05) is 0 Å². The van der Waals surface area contributed by atoms with Gasteiger partial charge in [-0.05, 0) is 46.1 Å². The highest BCUT2D eigenvalue weighted by molar-refractivity contribution is 5.16. The molecule has 0 saturated heterocycles. The van der Waals surface area contributed by atoms with Crippen LogP contribution in [0, 0.1) is 5.92 Å². The molecule has 0 aliphatic carbocycles. The Kier molecular flexibility index (Phi) is 6.08. The normalized spacial score (nSPS) is 14.1. The highest BCUT2D eigenvalue weighted by atomic mass is 16.5. The van der Waals surface area contributed by atoms with E-state index in [1.54, 1.807) is 6.26 Å². The van der Waals surface area contributed by atoms with Crippen LogP contribution in [0.15, 0.2) is 16.7 Å². The molecule has 3 nitrogen and oxygen atoms in total. The molecule has 110 valence electrons. The van der Waals surface area contributed by atoms with E-state index >= 15 is 0 Å². The molecule has 0 amide bonds. The predicted molar refractivity (Wildman–Crippen MR) is 79.0 cm³/mol. The lowest BCUT2D eigenvalue weighted by Gasteiger charge is -2.20. The molecule has 0 aliphatic heterocycles. The van der Waals surface area contributed by atoms with Gasteiger partial charge in [-0.3, -0.25) is 0 Å². The molecule has 1 unspecified atom stereocenters. The summed E-state index contributed by atoms with van der Waals surface area (Å²) in [6.45, 7) is 14.4. The summed E-state index contributed by atoms with van der Waals surface area (Å²) in [7, 11) is 0. The molecule has 0 fully saturated rings. The SMILES string of the molecule is CC(C)CC(C)OCc1ccoc1CNC(C)(C)C. The van der Waals surface area contributed by atoms with Crippen LogP contribution in [-0.4, -0.2) is 11.6 Å². The molecule has 0 bridgehead atoms. The van der Waals surface area contributed by atoms with Crippen molar-refractivity contribution in [2.24, 2.45) is 5.92 Å². The summed E-state index contributed by atoms with van der Waals surface area (Å²) >= 11 is 0. The fourth-order valence-corrected chi connectivity index (χ4v) is 1.96. The van der Waals surface area contributed by atoms with Gasteiger partial charge in [-0.25, -0.2) is 0 Å². The van der Waals surface area contributed by atoms with Gasteiger partial charge in [0.2, 0.25) is 0 Å². The lowest BCUT2D eigenvalue weighted by molar-refractivity contribution is 0.0388. The summed E-state index contributed by atoms with van der Waals surface area (Å²) in [5.41, 5.74) is 1.24. The minimum atomic E-state index is 0.0931. The maximum absolute atomic E-state index is 5.88. The summed E-state index contributed by atoms with van der Waals surface area (Å²) in [5.74, 6) is 1.65. The van der Waals surface area contributed by atoms with Gasteiger partial charge >= 0.3 is 0 Å². The molecular weight excluding hydrogens is 238 g/mol. The maximum atomic E-state index is 5.88. The van der Waals surface area contributed by atoms with Crippen LogP contribution in [0.1, 0.15) is 59.3 Å². The Morgan fingerprint density at radius 2 is 1.95 bits per heavy atom. The van der Waals surface area contributed by atoms with Crippen molar-refractivity contribution in [1.82, 2.24) is 5.32 Å². The first kappa shape index (κ1) is 16.3. The second-order valence-electron chi connectivity index (χ2n) is 6.72. The first-order chi connectivity index (χ1) is 8.78. The third-order valence-corrected chi connectivity index (χ3v) is 2.94. The second kappa shape index (κ2) is 7.11. The van der Waals surface area contributed by atoms with Gasteiger partial charge in [0.1, 0.15) is 5.76 Å². The van der Waals surface area contributed by atoms with Crippen LogP contribution in [0.5, 0.6) is 0 Å². The van der Waals surface area contributed by atoms with Crippen LogP contribution in [0.25, 0.3) is 0 Å². The molecule has 0 saturated carbocycles. The van der Waals surface area contributed by atoms with E-state index in [0.717, 1.165) is 24.3 Å². The minimum absolute atomic E-state index is 0.0931. The Bertz CT molecular complexity index is 363. The topological polar surface area (TPSA) is 34.4 Å². The summed E-state index contributed by atoms with van der Waals surface area (Å²) in [6.07, 6.45) is 3.12. The van der Waals surface area contributed by atoms with Gasteiger partial charge in [-0.15, -0.1) is 0 Å². The third kappa shape index (κ3) is 6.79. The number of furan rings is 1. The molecule has 0 aliphatic rings. The van der Waals surface area contributed by atoms with Crippen LogP contribution in [0.3, 0.4) is 0 Å². The average Bonchev–Trinajstić information content (AvgIpc) is 2.69. The highest BCUT2D eigenvalue weighted by Crippen LogP contribution is 2.16. The molecule has 1 aromatic rings. The molecular formula is C16H29NO2. The van der Waals surface area contributed by atoms with Crippen LogP contribution >= 0.6 is 0 Å². The quantitative estimate of drug-likeness (QED) is 0.807. The second-order valence-corrected chi connectivity index (χ2v) is 6.72. The number of rotatable bonds is 7. The van der Waals surface area contributed by atoms with Gasteiger partial charge in [-0.1, -0.05) is 13.8 Å². The van der Waals surface area contributed by atoms with Crippen molar-refractivity contribution in [1.29, 1.82) is 0 Å². The fraction of sp³-hybridized carbons (Fsp3) is 0.750. The van der Waals surface area contributed by atoms with Crippen LogP contribution < -0.4 is 5.32 Å². The number of nitrogens with one attached hydrogen (secondary N) is 1. The Morgan fingerprint density at radius 1 is 1.26 bits per heavy atom. The van der Waals surface area contributed by atoms with Gasteiger partial charge in [0, 0.05) is 11.1 Å². The van der Waals surface area contributed by atoms with Gasteiger partial charge in [-0.2, -0.15) is 0 Å². The monoisotopic (exact) mass is 267 g/mol. The molecule has 1 atom stereocenters. The fourth-order valence-electron chi connectivity index (χ4n) is 1.96. The van der Waals surface area contributed by atoms with Crippen molar-refractivity contribution in [3.05, 3.63) is 23.7 Å². The Labute approximate surface area is 117 Å². The van der Waals surface area contributed by atoms with E-state index in [9.17, 15) is 0 Å². The standard InChI is InChI=1S/C16H29NO2/c1-12(2)9-13(3)19-11-14-7-8-18-15(14)10-17-16(4,5)6/h7-8,12-13,17H,9-11H2,1-6H3. The van der Waals surface area contributed by atoms with Crippen molar-refractivity contribution in [3.8, 4) is 0 Å². The van der Waals surface area contributed by atoms with Gasteiger partial charge in [0.25, 0.3) is 0 Å². The smallest absolute Gasteiger partial charge is 0.123 e. The molecule has 0 radical (unpaired) electrons. The van der Waals surface area contributed by atoms with E-state index in [0.29, 0.717) is 18.6 Å². The molecule has 3 heteroatoms. The van der Waals surface area contributed by atoms with Gasteiger partial charge in [0.05, 0.1) is 25.5 Å². The van der Waals surface area contributed by atoms with Crippen LogP contribution in [0.4, 0.5) is 0 Å². The molecule has 1 aromatic heterocycles. The Hall–Kier alpha value is -0.800. The third-order valence-electron chi connectivity index (χ3n) is 2.94. The number of ether oxygens (including phenoxy) is 1. The lowest BCUT2D eigenvalue weighted by Crippen LogP contribution is -2.35. The van der Waals surface area contributed by atoms with Crippen LogP contribution in [0.2, 0.25) is 0 Å². The van der Waals surface area contributed by atoms with Crippen LogP contribution in [-0.2, 0) is 17.9 Å². The van der Waals surface area contributed by atoms with Gasteiger partial charge in [0.15, 0.2) is 0 Å². The number of hydrogen-bond acceptors (Lipinski definition) is 3. The molecule has 1 rings (SSSR count). The Morgan fingerprint density at radius 3 is 2.53 bits per heavy atom. The number of hydrogen-bond donors (Lipinski definition) is 1. The molecule has 1 heterocycles. The zero-order chi connectivity index (χ0) is 14.5. The minimum Gasteiger partial charge on any atom is -0.468 e. The first-order valence-corrected chi connectivity index (χ1v) is 7.20. The van der Waals surface area contributed by atoms with E-state index in [2.05, 4.69) is 46.9 Å². The first-order valence-electron chi connectivity index (χ1n) is 7.20. The molecule has 0 aromatic carbocycles. The summed E-state index contributed by atoms with van der Waals surface area (Å²) in [5, 5.41) is 3.44. The zero-order valence-electron chi connectivity index (χ0n) is 13.2. The van der Waals surface area contributed by atoms with Crippen molar-refractivity contribution < 1.29 is 9.15 Å². The lowest BCUT2D eigenvalue weighted by atomic mass is 10.1. The predicted octanol–water partition coefficient (Wildman–Crippen LogP) is 4.12. The summed E-state index contributed by atoms with van der Waals surface area (Å²) in [6, 6.07) is 2.00.